The van der Waals surface area contributed by atoms with Gasteiger partial charge in [-0.05, 0) is 94.5 Å². The summed E-state index contributed by atoms with van der Waals surface area (Å²) in [5.74, 6) is 0.886. The molecule has 0 spiro atoms. The van der Waals surface area contributed by atoms with Crippen LogP contribution in [0.1, 0.15) is 36.1 Å². The lowest BCUT2D eigenvalue weighted by Gasteiger charge is -2.16. The summed E-state index contributed by atoms with van der Waals surface area (Å²) in [6, 6.07) is 62.7. The minimum atomic E-state index is -0.395. The molecule has 0 radical (unpaired) electrons. The molecule has 0 saturated heterocycles. The third-order valence-corrected chi connectivity index (χ3v) is 11.3. The van der Waals surface area contributed by atoms with Gasteiger partial charge in [-0.1, -0.05) is 123 Å². The first-order chi connectivity index (χ1) is 32.4. The molecule has 8 aromatic carbocycles. The van der Waals surface area contributed by atoms with Gasteiger partial charge in [0, 0.05) is 38.7 Å². The maximum absolute atomic E-state index is 15.9. The van der Waals surface area contributed by atoms with Gasteiger partial charge in [0.15, 0.2) is 17.5 Å². The van der Waals surface area contributed by atoms with Crippen LogP contribution in [0.2, 0.25) is 0 Å². The molecule has 0 amide bonds. The third-order valence-electron chi connectivity index (χ3n) is 11.3. The first-order valence-corrected chi connectivity index (χ1v) is 21.2. The van der Waals surface area contributed by atoms with E-state index in [2.05, 4.69) is 28.8 Å². The Bertz CT molecular complexity index is 3490. The van der Waals surface area contributed by atoms with E-state index in [1.54, 1.807) is 54.6 Å². The highest BCUT2D eigenvalue weighted by Crippen LogP contribution is 2.41. The van der Waals surface area contributed by atoms with E-state index in [9.17, 15) is 21.0 Å². The van der Waals surface area contributed by atoms with Crippen LogP contribution in [-0.4, -0.2) is 19.5 Å². The Morgan fingerprint density at radius 1 is 0.394 bits per heavy atom. The Balaban J connectivity index is 0.00000270. The summed E-state index contributed by atoms with van der Waals surface area (Å²) in [5.41, 5.74) is 9.96. The fraction of sp³-hybridized carbons (Fsp3) is 0.0351. The third kappa shape index (κ3) is 7.67. The van der Waals surface area contributed by atoms with Crippen molar-refractivity contribution in [2.75, 3.05) is 0 Å². The van der Waals surface area contributed by atoms with Crippen LogP contribution in [-0.2, 0) is 0 Å². The number of benzene rings is 8. The summed E-state index contributed by atoms with van der Waals surface area (Å²) in [6.07, 6.45) is 0. The standard InChI is InChI=1S/C55H29FN8.C2H6/c56-50-14-8-7-13-46(50)45-22-19-42(29-49(45)55-62-53(36-9-3-1-4-10-36)61-54(63-55)37-11-5-2-6-12-37)64-51-23-17-38(43-20-15-34(30-57)25-40(43)32-59)27-47(51)48-28-39(18-24-52(48)64)44-21-16-35(31-58)26-41(44)33-60;1-2/h1-29H;1-2H3. The molecule has 66 heavy (non-hydrogen) atoms. The minimum Gasteiger partial charge on any atom is -0.309 e. The second-order valence-electron chi connectivity index (χ2n) is 15.0. The molecule has 8 nitrogen and oxygen atoms in total. The zero-order valence-electron chi connectivity index (χ0n) is 35.7. The van der Waals surface area contributed by atoms with Crippen molar-refractivity contribution >= 4 is 21.8 Å². The highest BCUT2D eigenvalue weighted by Gasteiger charge is 2.22. The lowest BCUT2D eigenvalue weighted by Crippen LogP contribution is -2.03. The molecular formula is C57H35FN8. The maximum Gasteiger partial charge on any atom is 0.164 e. The molecule has 0 atom stereocenters. The van der Waals surface area contributed by atoms with Gasteiger partial charge in [0.1, 0.15) is 5.82 Å². The number of hydrogen-bond acceptors (Lipinski definition) is 7. The summed E-state index contributed by atoms with van der Waals surface area (Å²) in [7, 11) is 0. The molecule has 0 fully saturated rings. The normalized spacial score (nSPS) is 10.6. The molecule has 0 N–H and O–H groups in total. The number of rotatable bonds is 7. The summed E-state index contributed by atoms with van der Waals surface area (Å²) < 4.78 is 18.0. The van der Waals surface area contributed by atoms with Crippen molar-refractivity contribution in [3.63, 3.8) is 0 Å². The molecule has 310 valence electrons. The summed E-state index contributed by atoms with van der Waals surface area (Å²) in [4.78, 5) is 15.0. The van der Waals surface area contributed by atoms with Gasteiger partial charge in [-0.15, -0.1) is 0 Å². The number of nitrogens with zero attached hydrogens (tertiary/aromatic N) is 8. The van der Waals surface area contributed by atoms with Crippen LogP contribution in [0.5, 0.6) is 0 Å². The van der Waals surface area contributed by atoms with Gasteiger partial charge in [0.2, 0.25) is 0 Å². The second kappa shape index (κ2) is 18.1. The molecule has 9 heteroatoms. The number of nitriles is 4. The molecule has 0 aliphatic rings. The molecule has 10 aromatic rings. The Morgan fingerprint density at radius 3 is 1.35 bits per heavy atom. The van der Waals surface area contributed by atoms with Crippen molar-refractivity contribution in [1.82, 2.24) is 19.5 Å². The highest BCUT2D eigenvalue weighted by atomic mass is 19.1. The summed E-state index contributed by atoms with van der Waals surface area (Å²) >= 11 is 0. The monoisotopic (exact) mass is 850 g/mol. The molecule has 0 unspecified atom stereocenters. The number of hydrogen-bond donors (Lipinski definition) is 0. The van der Waals surface area contributed by atoms with Crippen molar-refractivity contribution in [1.29, 1.82) is 21.0 Å². The second-order valence-corrected chi connectivity index (χ2v) is 15.0. The van der Waals surface area contributed by atoms with E-state index in [1.807, 2.05) is 129 Å². The van der Waals surface area contributed by atoms with Crippen LogP contribution in [0.4, 0.5) is 4.39 Å². The van der Waals surface area contributed by atoms with Crippen LogP contribution in [0, 0.1) is 51.1 Å². The lowest BCUT2D eigenvalue weighted by atomic mass is 9.95. The van der Waals surface area contributed by atoms with Crippen molar-refractivity contribution in [3.8, 4) is 97.5 Å². The zero-order chi connectivity index (χ0) is 45.7. The summed E-state index contributed by atoms with van der Waals surface area (Å²) in [6.45, 7) is 4.00. The van der Waals surface area contributed by atoms with Gasteiger partial charge in [-0.3, -0.25) is 0 Å². The Morgan fingerprint density at radius 2 is 0.864 bits per heavy atom. The first-order valence-electron chi connectivity index (χ1n) is 21.2. The van der Waals surface area contributed by atoms with Crippen molar-refractivity contribution < 1.29 is 4.39 Å². The molecule has 0 bridgehead atoms. The van der Waals surface area contributed by atoms with E-state index in [-0.39, 0.29) is 0 Å². The fourth-order valence-electron chi connectivity index (χ4n) is 8.25. The van der Waals surface area contributed by atoms with Crippen LogP contribution in [0.15, 0.2) is 176 Å². The van der Waals surface area contributed by atoms with Crippen LogP contribution in [0.25, 0.3) is 95.0 Å². The Hall–Kier alpha value is -9.54. The largest absolute Gasteiger partial charge is 0.309 e. The topological polar surface area (TPSA) is 139 Å². The van der Waals surface area contributed by atoms with Gasteiger partial charge >= 0.3 is 0 Å². The average Bonchev–Trinajstić information content (AvgIpc) is 3.72. The van der Waals surface area contributed by atoms with Crippen LogP contribution >= 0.6 is 0 Å². The maximum atomic E-state index is 15.9. The van der Waals surface area contributed by atoms with E-state index in [0.29, 0.717) is 67.5 Å². The van der Waals surface area contributed by atoms with E-state index in [4.69, 9.17) is 15.0 Å². The van der Waals surface area contributed by atoms with Gasteiger partial charge in [-0.25, -0.2) is 19.3 Å². The Kier molecular flexibility index (Phi) is 11.4. The van der Waals surface area contributed by atoms with Gasteiger partial charge in [-0.2, -0.15) is 21.0 Å². The van der Waals surface area contributed by atoms with Crippen molar-refractivity contribution in [2.24, 2.45) is 0 Å². The molecule has 2 heterocycles. The fourth-order valence-corrected chi connectivity index (χ4v) is 8.25. The SMILES string of the molecule is CC.N#Cc1ccc(-c2ccc3c(c2)c2cc(-c4ccc(C#N)cc4C#N)ccc2n3-c2ccc(-c3ccccc3F)c(-c3nc(-c4ccccc4)nc(-c4ccccc4)n3)c2)c(C#N)c1. The van der Waals surface area contributed by atoms with Gasteiger partial charge in [0.25, 0.3) is 0 Å². The molecule has 0 saturated carbocycles. The lowest BCUT2D eigenvalue weighted by molar-refractivity contribution is 0.631. The molecule has 0 aliphatic heterocycles. The number of halogens is 1. The predicted octanol–water partition coefficient (Wildman–Crippen LogP) is 13.6. The minimum absolute atomic E-state index is 0.354. The smallest absolute Gasteiger partial charge is 0.164 e. The van der Waals surface area contributed by atoms with E-state index < -0.39 is 5.82 Å². The number of aromatic nitrogens is 4. The molecule has 10 rings (SSSR count). The highest BCUT2D eigenvalue weighted by molar-refractivity contribution is 6.12. The Labute approximate surface area is 380 Å². The first kappa shape index (κ1) is 41.8. The molecule has 2 aromatic heterocycles. The van der Waals surface area contributed by atoms with Crippen LogP contribution in [0.3, 0.4) is 0 Å². The van der Waals surface area contributed by atoms with E-state index >= 15 is 4.39 Å². The summed E-state index contributed by atoms with van der Waals surface area (Å²) in [5, 5.41) is 41.1. The van der Waals surface area contributed by atoms with Gasteiger partial charge < -0.3 is 4.57 Å². The molecule has 0 aliphatic carbocycles. The number of fused-ring (bicyclic) bond motifs is 3. The van der Waals surface area contributed by atoms with Crippen molar-refractivity contribution in [2.45, 2.75) is 13.8 Å². The zero-order valence-corrected chi connectivity index (χ0v) is 35.7. The van der Waals surface area contributed by atoms with E-state index in [0.717, 1.165) is 49.7 Å². The van der Waals surface area contributed by atoms with E-state index in [1.165, 1.54) is 6.07 Å². The molecular weight excluding hydrogens is 816 g/mol. The van der Waals surface area contributed by atoms with Gasteiger partial charge in [0.05, 0.1) is 57.6 Å². The van der Waals surface area contributed by atoms with Crippen LogP contribution < -0.4 is 0 Å². The average molecular weight is 851 g/mol. The van der Waals surface area contributed by atoms with Crippen molar-refractivity contribution in [3.05, 3.63) is 204 Å². The quantitative estimate of drug-likeness (QED) is 0.155. The predicted molar refractivity (Wildman–Crippen MR) is 257 cm³/mol.